The first kappa shape index (κ1) is 23.2. The van der Waals surface area contributed by atoms with Crippen LogP contribution in [0.3, 0.4) is 0 Å². The third-order valence-corrected chi connectivity index (χ3v) is 10.6. The lowest BCUT2D eigenvalue weighted by Gasteiger charge is -2.65. The highest BCUT2D eigenvalue weighted by Gasteiger charge is 2.73. The van der Waals surface area contributed by atoms with E-state index in [1.54, 1.807) is 0 Å². The number of benzene rings is 1. The summed E-state index contributed by atoms with van der Waals surface area (Å²) in [6.07, 6.45) is 8.42. The van der Waals surface area contributed by atoms with Crippen LogP contribution in [0.15, 0.2) is 33.9 Å². The molecule has 0 atom stereocenters. The second-order valence-electron chi connectivity index (χ2n) is 13.2. The summed E-state index contributed by atoms with van der Waals surface area (Å²) in [5.41, 5.74) is 5.72. The van der Waals surface area contributed by atoms with Crippen molar-refractivity contribution in [1.29, 1.82) is 0 Å². The minimum atomic E-state index is -1.14. The Morgan fingerprint density at radius 1 is 1.11 bits per heavy atom. The van der Waals surface area contributed by atoms with Gasteiger partial charge in [0.15, 0.2) is 0 Å². The number of anilines is 1. The number of rotatable bonds is 7. The van der Waals surface area contributed by atoms with Gasteiger partial charge < -0.3 is 20.4 Å². The molecule has 1 aromatic heterocycles. The van der Waals surface area contributed by atoms with Crippen molar-refractivity contribution in [2.75, 3.05) is 11.4 Å². The summed E-state index contributed by atoms with van der Waals surface area (Å²) >= 11 is 0. The van der Waals surface area contributed by atoms with Gasteiger partial charge in [-0.25, -0.2) is 4.39 Å². The van der Waals surface area contributed by atoms with Crippen molar-refractivity contribution in [3.63, 3.8) is 0 Å². The van der Waals surface area contributed by atoms with Crippen LogP contribution in [-0.2, 0) is 10.2 Å². The molecule has 4 bridgehead atoms. The highest BCUT2D eigenvalue weighted by atomic mass is 19.1. The highest BCUT2D eigenvalue weighted by molar-refractivity contribution is 6.00. The SMILES string of the molecule is CC1(c2nc(-c3cccc(N(CC45CCC(/C(N)=N/O)(CC4)CC5)C(=O)C45CC(F)(C4)C5)c3)no2)CC1. The maximum absolute atomic E-state index is 14.4. The molecule has 7 saturated carbocycles. The van der Waals surface area contributed by atoms with Crippen molar-refractivity contribution in [3.8, 4) is 11.4 Å². The minimum Gasteiger partial charge on any atom is -0.409 e. The number of amides is 1. The van der Waals surface area contributed by atoms with Crippen LogP contribution in [-0.4, -0.2) is 39.3 Å². The predicted molar refractivity (Wildman–Crippen MR) is 135 cm³/mol. The van der Waals surface area contributed by atoms with E-state index >= 15 is 0 Å². The van der Waals surface area contributed by atoms with Crippen molar-refractivity contribution >= 4 is 17.4 Å². The van der Waals surface area contributed by atoms with E-state index in [9.17, 15) is 14.4 Å². The molecule has 9 rings (SSSR count). The van der Waals surface area contributed by atoms with Crippen molar-refractivity contribution in [2.45, 2.75) is 88.6 Å². The Morgan fingerprint density at radius 2 is 1.78 bits per heavy atom. The van der Waals surface area contributed by atoms with Crippen LogP contribution in [0.2, 0.25) is 0 Å². The molecule has 7 aliphatic rings. The van der Waals surface area contributed by atoms with E-state index in [0.29, 0.717) is 43.4 Å². The van der Waals surface area contributed by atoms with Gasteiger partial charge in [0.2, 0.25) is 17.6 Å². The van der Waals surface area contributed by atoms with Gasteiger partial charge in [0.05, 0.1) is 5.41 Å². The van der Waals surface area contributed by atoms with Crippen LogP contribution < -0.4 is 10.6 Å². The molecule has 8 nitrogen and oxygen atoms in total. The first-order valence-electron chi connectivity index (χ1n) is 13.6. The van der Waals surface area contributed by atoms with Crippen molar-refractivity contribution < 1.29 is 18.9 Å². The van der Waals surface area contributed by atoms with E-state index in [2.05, 4.69) is 22.2 Å². The van der Waals surface area contributed by atoms with E-state index in [-0.39, 0.29) is 22.2 Å². The summed E-state index contributed by atoms with van der Waals surface area (Å²) in [5.74, 6) is 1.57. The zero-order valence-corrected chi connectivity index (χ0v) is 21.3. The first-order valence-corrected chi connectivity index (χ1v) is 13.6. The molecule has 0 aliphatic heterocycles. The standard InChI is InChI=1S/C28H34FN5O3/c1-24(5-6-24)22-31-20(33-37-22)18-3-2-4-19(13-18)34(23(35)27-14-28(29,15-27)16-27)17-25-7-10-26(11-8-25,12-9-25)21(30)32-36/h2-4,13,36H,5-12,14-17H2,1H3,(H2,30,32). The zero-order valence-electron chi connectivity index (χ0n) is 21.3. The number of amidine groups is 1. The fourth-order valence-electron chi connectivity index (χ4n) is 7.58. The number of alkyl halides is 1. The summed E-state index contributed by atoms with van der Waals surface area (Å²) in [5, 5.41) is 16.9. The smallest absolute Gasteiger partial charge is 0.233 e. The van der Waals surface area contributed by atoms with Gasteiger partial charge in [-0.05, 0) is 88.2 Å². The Kier molecular flexibility index (Phi) is 4.58. The number of oxime groups is 1. The Labute approximate surface area is 215 Å². The molecule has 1 aromatic carbocycles. The Bertz CT molecular complexity index is 1270. The maximum Gasteiger partial charge on any atom is 0.233 e. The normalized spacial score (nSPS) is 37.0. The van der Waals surface area contributed by atoms with Crippen LogP contribution in [0, 0.1) is 16.2 Å². The molecule has 1 heterocycles. The van der Waals surface area contributed by atoms with Crippen LogP contribution in [0.4, 0.5) is 10.1 Å². The Hall–Kier alpha value is -2.97. The molecule has 0 spiro atoms. The number of nitrogens with two attached hydrogens (primary N) is 1. The van der Waals surface area contributed by atoms with E-state index < -0.39 is 11.1 Å². The zero-order chi connectivity index (χ0) is 25.7. The van der Waals surface area contributed by atoms with Gasteiger partial charge >= 0.3 is 0 Å². The van der Waals surface area contributed by atoms with E-state index in [1.165, 1.54) is 0 Å². The molecule has 7 fully saturated rings. The average molecular weight is 508 g/mol. The number of carbonyl (C=O) groups excluding carboxylic acids is 1. The minimum absolute atomic E-state index is 0.0161. The number of carbonyl (C=O) groups is 1. The third-order valence-electron chi connectivity index (χ3n) is 10.6. The van der Waals surface area contributed by atoms with Gasteiger partial charge in [-0.3, -0.25) is 4.79 Å². The number of aromatic nitrogens is 2. The molecule has 7 aliphatic carbocycles. The van der Waals surface area contributed by atoms with Gasteiger partial charge in [0.25, 0.3) is 0 Å². The fraction of sp³-hybridized carbons (Fsp3) is 0.643. The lowest BCUT2D eigenvalue weighted by molar-refractivity contribution is -0.211. The number of fused-ring (bicyclic) bond motifs is 3. The van der Waals surface area contributed by atoms with Gasteiger partial charge in [0, 0.05) is 28.6 Å². The molecule has 3 N–H and O–H groups in total. The molecule has 196 valence electrons. The fourth-order valence-corrected chi connectivity index (χ4v) is 7.58. The lowest BCUT2D eigenvalue weighted by atomic mass is 9.41. The van der Waals surface area contributed by atoms with Gasteiger partial charge in [-0.2, -0.15) is 4.98 Å². The average Bonchev–Trinajstić information content (AvgIpc) is 3.43. The topological polar surface area (TPSA) is 118 Å². The Balaban J connectivity index is 1.19. The van der Waals surface area contributed by atoms with Crippen LogP contribution in [0.1, 0.15) is 83.4 Å². The van der Waals surface area contributed by atoms with Crippen molar-refractivity contribution in [1.82, 2.24) is 10.1 Å². The molecule has 0 saturated heterocycles. The van der Waals surface area contributed by atoms with Crippen molar-refractivity contribution in [2.24, 2.45) is 27.1 Å². The van der Waals surface area contributed by atoms with Gasteiger partial charge in [-0.15, -0.1) is 0 Å². The monoisotopic (exact) mass is 507 g/mol. The summed E-state index contributed by atoms with van der Waals surface area (Å²) in [4.78, 5) is 20.6. The molecule has 2 aromatic rings. The quantitative estimate of drug-likeness (QED) is 0.233. The van der Waals surface area contributed by atoms with Crippen LogP contribution >= 0.6 is 0 Å². The lowest BCUT2D eigenvalue weighted by Crippen LogP contribution is -2.71. The largest absolute Gasteiger partial charge is 0.409 e. The number of nitrogens with zero attached hydrogens (tertiary/aromatic N) is 4. The summed E-state index contributed by atoms with van der Waals surface area (Å²) < 4.78 is 20.0. The molecule has 9 heteroatoms. The third kappa shape index (κ3) is 3.38. The number of hydrogen-bond acceptors (Lipinski definition) is 6. The molecule has 0 unspecified atom stereocenters. The number of halogens is 1. The predicted octanol–water partition coefficient (Wildman–Crippen LogP) is 5.10. The second-order valence-corrected chi connectivity index (χ2v) is 13.2. The summed E-state index contributed by atoms with van der Waals surface area (Å²) in [6, 6.07) is 7.81. The molecule has 1 amide bonds. The molecular weight excluding hydrogens is 473 g/mol. The first-order chi connectivity index (χ1) is 17.6. The summed E-state index contributed by atoms with van der Waals surface area (Å²) in [6.45, 7) is 2.73. The van der Waals surface area contributed by atoms with E-state index in [0.717, 1.165) is 62.6 Å². The Morgan fingerprint density at radius 3 is 2.38 bits per heavy atom. The van der Waals surface area contributed by atoms with Crippen LogP contribution in [0.5, 0.6) is 0 Å². The molecule has 37 heavy (non-hydrogen) atoms. The van der Waals surface area contributed by atoms with Gasteiger partial charge in [-0.1, -0.05) is 29.4 Å². The van der Waals surface area contributed by atoms with Crippen LogP contribution in [0.25, 0.3) is 11.4 Å². The highest BCUT2D eigenvalue weighted by Crippen LogP contribution is 2.70. The molecule has 0 radical (unpaired) electrons. The molecular formula is C28H34FN5O3. The van der Waals surface area contributed by atoms with E-state index in [1.807, 2.05) is 29.2 Å². The van der Waals surface area contributed by atoms with Gasteiger partial charge in [0.1, 0.15) is 11.5 Å². The number of hydrogen-bond donors (Lipinski definition) is 2. The maximum atomic E-state index is 14.4. The second kappa shape index (κ2) is 7.32. The van der Waals surface area contributed by atoms with Crippen molar-refractivity contribution in [3.05, 3.63) is 30.2 Å². The van der Waals surface area contributed by atoms with E-state index in [4.69, 9.17) is 10.3 Å². The summed E-state index contributed by atoms with van der Waals surface area (Å²) in [7, 11) is 0.